The number of halogens is 1. The Bertz CT molecular complexity index is 79.5. The standard InChI is InChI=1S/C4H10.ClH2O3P/c1-3-4-2;1-5(2,3)4/h3-4H2,1-2H3;(H2,2,3,4). The topological polar surface area (TPSA) is 57.5 Å². The molecule has 0 fully saturated rings. The van der Waals surface area contributed by atoms with Crippen LogP contribution in [0.4, 0.5) is 0 Å². The molecular weight excluding hydrogens is 162 g/mol. The molecule has 9 heavy (non-hydrogen) atoms. The van der Waals surface area contributed by atoms with Gasteiger partial charge in [0.1, 0.15) is 0 Å². The molecule has 0 saturated heterocycles. The van der Waals surface area contributed by atoms with E-state index in [-0.39, 0.29) is 0 Å². The molecule has 0 heterocycles. The van der Waals surface area contributed by atoms with Gasteiger partial charge in [-0.25, -0.2) is 4.57 Å². The third kappa shape index (κ3) is 169. The lowest BCUT2D eigenvalue weighted by atomic mass is 10.4. The number of hydrogen-bond acceptors (Lipinski definition) is 1. The predicted octanol–water partition coefficient (Wildman–Crippen LogP) is 2.12. The van der Waals surface area contributed by atoms with Crippen LogP contribution in [0.25, 0.3) is 0 Å². The highest BCUT2D eigenvalue weighted by Gasteiger charge is 2.01. The molecule has 0 rings (SSSR count). The van der Waals surface area contributed by atoms with Gasteiger partial charge in [0.15, 0.2) is 0 Å². The van der Waals surface area contributed by atoms with Gasteiger partial charge < -0.3 is 9.79 Å². The molecule has 0 bridgehead atoms. The maximum Gasteiger partial charge on any atom is 0.419 e. The van der Waals surface area contributed by atoms with E-state index in [9.17, 15) is 0 Å². The van der Waals surface area contributed by atoms with E-state index >= 15 is 0 Å². The van der Waals surface area contributed by atoms with E-state index in [0.29, 0.717) is 0 Å². The second-order valence-corrected chi connectivity index (χ2v) is 3.74. The average Bonchev–Trinajstić information content (AvgIpc) is 1.61. The molecule has 0 aromatic rings. The molecule has 0 saturated carbocycles. The minimum Gasteiger partial charge on any atom is -0.313 e. The van der Waals surface area contributed by atoms with Gasteiger partial charge in [-0.05, 0) is 0 Å². The zero-order chi connectivity index (χ0) is 7.91. The van der Waals surface area contributed by atoms with Crippen molar-refractivity contribution in [3.8, 4) is 0 Å². The second kappa shape index (κ2) is 6.56. The molecule has 58 valence electrons. The first kappa shape index (κ1) is 12.1. The lowest BCUT2D eigenvalue weighted by Gasteiger charge is -1.80. The van der Waals surface area contributed by atoms with E-state index in [2.05, 4.69) is 25.1 Å². The van der Waals surface area contributed by atoms with Crippen LogP contribution >= 0.6 is 18.2 Å². The SMILES string of the molecule is CCCC.O=P(O)(O)Cl. The van der Waals surface area contributed by atoms with E-state index in [1.165, 1.54) is 12.8 Å². The maximum atomic E-state index is 9.09. The number of unbranched alkanes of at least 4 members (excludes halogenated alkanes) is 1. The van der Waals surface area contributed by atoms with Crippen molar-refractivity contribution in [3.05, 3.63) is 0 Å². The molecule has 5 heteroatoms. The van der Waals surface area contributed by atoms with Gasteiger partial charge in [-0.15, -0.1) is 0 Å². The summed E-state index contributed by atoms with van der Waals surface area (Å²) < 4.78 is 9.09. The largest absolute Gasteiger partial charge is 0.419 e. The molecule has 0 spiro atoms. The molecule has 0 aromatic heterocycles. The monoisotopic (exact) mass is 174 g/mol. The van der Waals surface area contributed by atoms with Gasteiger partial charge in [-0.2, -0.15) is 0 Å². The Balaban J connectivity index is 0. The third-order valence-electron chi connectivity index (χ3n) is 0.500. The fourth-order valence-corrected chi connectivity index (χ4v) is 0. The zero-order valence-electron chi connectivity index (χ0n) is 5.54. The predicted molar refractivity (Wildman–Crippen MR) is 38.5 cm³/mol. The Morgan fingerprint density at radius 2 is 1.44 bits per heavy atom. The van der Waals surface area contributed by atoms with Gasteiger partial charge in [-0.1, -0.05) is 26.7 Å². The molecule has 0 atom stereocenters. The van der Waals surface area contributed by atoms with Crippen molar-refractivity contribution in [2.45, 2.75) is 26.7 Å². The molecule has 0 aromatic carbocycles. The van der Waals surface area contributed by atoms with E-state index in [4.69, 9.17) is 14.4 Å². The normalized spacial score (nSPS) is 9.89. The van der Waals surface area contributed by atoms with Crippen LogP contribution in [0, 0.1) is 0 Å². The van der Waals surface area contributed by atoms with Gasteiger partial charge in [0.05, 0.1) is 0 Å². The van der Waals surface area contributed by atoms with E-state index in [1.54, 1.807) is 0 Å². The molecule has 0 radical (unpaired) electrons. The first-order valence-corrected chi connectivity index (χ1v) is 5.18. The zero-order valence-corrected chi connectivity index (χ0v) is 7.19. The van der Waals surface area contributed by atoms with E-state index < -0.39 is 6.95 Å². The lowest BCUT2D eigenvalue weighted by molar-refractivity contribution is 0.395. The van der Waals surface area contributed by atoms with Crippen LogP contribution in [0.5, 0.6) is 0 Å². The molecule has 0 unspecified atom stereocenters. The van der Waals surface area contributed by atoms with Crippen LogP contribution in [-0.2, 0) is 4.57 Å². The van der Waals surface area contributed by atoms with Gasteiger partial charge in [-0.3, -0.25) is 0 Å². The summed E-state index contributed by atoms with van der Waals surface area (Å²) in [5, 5.41) is 0. The quantitative estimate of drug-likeness (QED) is 0.599. The maximum absolute atomic E-state index is 9.09. The summed E-state index contributed by atoms with van der Waals surface area (Å²) in [7, 11) is 0. The third-order valence-corrected chi connectivity index (χ3v) is 0.500. The molecule has 0 aliphatic heterocycles. The Kier molecular flexibility index (Phi) is 8.85. The smallest absolute Gasteiger partial charge is 0.313 e. The first-order valence-electron chi connectivity index (χ1n) is 2.67. The highest BCUT2D eigenvalue weighted by atomic mass is 35.7. The molecule has 0 aliphatic carbocycles. The molecule has 3 nitrogen and oxygen atoms in total. The summed E-state index contributed by atoms with van der Waals surface area (Å²) in [6.45, 7) is 0.194. The summed E-state index contributed by atoms with van der Waals surface area (Å²) in [4.78, 5) is 14.8. The van der Waals surface area contributed by atoms with Crippen molar-refractivity contribution in [2.24, 2.45) is 0 Å². The summed E-state index contributed by atoms with van der Waals surface area (Å²) in [6, 6.07) is 0. The fourth-order valence-electron chi connectivity index (χ4n) is 0. The van der Waals surface area contributed by atoms with Crippen molar-refractivity contribution < 1.29 is 14.4 Å². The average molecular weight is 175 g/mol. The Hall–Kier alpha value is 0.440. The minimum absolute atomic E-state index is 1.32. The molecular formula is C4H12ClO3P. The summed E-state index contributed by atoms with van der Waals surface area (Å²) >= 11 is 4.20. The number of hydrogen-bond donors (Lipinski definition) is 2. The summed E-state index contributed by atoms with van der Waals surface area (Å²) in [5.74, 6) is 0. The van der Waals surface area contributed by atoms with Crippen LogP contribution in [0.15, 0.2) is 0 Å². The van der Waals surface area contributed by atoms with E-state index in [1.807, 2.05) is 0 Å². The Morgan fingerprint density at radius 3 is 1.44 bits per heavy atom. The second-order valence-electron chi connectivity index (χ2n) is 1.47. The summed E-state index contributed by atoms with van der Waals surface area (Å²) in [6.07, 6.45) is 2.64. The van der Waals surface area contributed by atoms with Crippen LogP contribution in [0.2, 0.25) is 0 Å². The highest BCUT2D eigenvalue weighted by Crippen LogP contribution is 2.39. The number of rotatable bonds is 1. The van der Waals surface area contributed by atoms with Crippen molar-refractivity contribution in [1.82, 2.24) is 0 Å². The van der Waals surface area contributed by atoms with Crippen molar-refractivity contribution in [3.63, 3.8) is 0 Å². The lowest BCUT2D eigenvalue weighted by Crippen LogP contribution is -1.54. The van der Waals surface area contributed by atoms with Gasteiger partial charge in [0, 0.05) is 11.2 Å². The minimum atomic E-state index is -4.17. The van der Waals surface area contributed by atoms with Crippen molar-refractivity contribution >= 4 is 18.2 Å². The molecule has 0 amide bonds. The molecule has 0 aliphatic rings. The van der Waals surface area contributed by atoms with Crippen LogP contribution in [0.1, 0.15) is 26.7 Å². The van der Waals surface area contributed by atoms with Gasteiger partial charge in [0.25, 0.3) is 0 Å². The molecule has 2 N–H and O–H groups in total. The first-order chi connectivity index (χ1) is 3.91. The van der Waals surface area contributed by atoms with Crippen LogP contribution in [-0.4, -0.2) is 9.79 Å². The van der Waals surface area contributed by atoms with Crippen LogP contribution < -0.4 is 0 Å². The fraction of sp³-hybridized carbons (Fsp3) is 1.00. The van der Waals surface area contributed by atoms with Gasteiger partial charge >= 0.3 is 6.95 Å². The van der Waals surface area contributed by atoms with Crippen molar-refractivity contribution in [1.29, 1.82) is 0 Å². The Morgan fingerprint density at radius 1 is 1.33 bits per heavy atom. The van der Waals surface area contributed by atoms with E-state index in [0.717, 1.165) is 0 Å². The Labute approximate surface area is 60.0 Å². The van der Waals surface area contributed by atoms with Crippen molar-refractivity contribution in [2.75, 3.05) is 0 Å². The van der Waals surface area contributed by atoms with Crippen LogP contribution in [0.3, 0.4) is 0 Å². The summed E-state index contributed by atoms with van der Waals surface area (Å²) in [5.41, 5.74) is 0. The highest BCUT2D eigenvalue weighted by molar-refractivity contribution is 7.79. The van der Waals surface area contributed by atoms with Gasteiger partial charge in [0.2, 0.25) is 0 Å².